The lowest BCUT2D eigenvalue weighted by molar-refractivity contribution is -0.141. The van der Waals surface area contributed by atoms with Gasteiger partial charge in [0.25, 0.3) is 0 Å². The summed E-state index contributed by atoms with van der Waals surface area (Å²) in [5.41, 5.74) is 1.85. The van der Waals surface area contributed by atoms with Crippen molar-refractivity contribution >= 4 is 23.4 Å². The van der Waals surface area contributed by atoms with Gasteiger partial charge in [0.2, 0.25) is 17.7 Å². The molecular weight excluding hydrogens is 454 g/mol. The van der Waals surface area contributed by atoms with E-state index in [9.17, 15) is 14.4 Å². The Labute approximate surface area is 214 Å². The van der Waals surface area contributed by atoms with Crippen LogP contribution in [0.5, 0.6) is 0 Å². The molecule has 1 spiro atoms. The van der Waals surface area contributed by atoms with Gasteiger partial charge in [-0.05, 0) is 62.3 Å². The number of benzene rings is 1. The summed E-state index contributed by atoms with van der Waals surface area (Å²) >= 11 is 0. The molecule has 194 valence electrons. The van der Waals surface area contributed by atoms with Crippen molar-refractivity contribution in [1.29, 1.82) is 0 Å². The monoisotopic (exact) mass is 493 g/mol. The minimum absolute atomic E-state index is 0.134. The van der Waals surface area contributed by atoms with Crippen molar-refractivity contribution in [1.82, 2.24) is 10.2 Å². The second-order valence-electron chi connectivity index (χ2n) is 11.5. The lowest BCUT2D eigenvalue weighted by Crippen LogP contribution is -2.56. The summed E-state index contributed by atoms with van der Waals surface area (Å²) in [5.74, 6) is -1.51. The fourth-order valence-corrected chi connectivity index (χ4v) is 6.48. The molecule has 2 bridgehead atoms. The number of anilines is 1. The Kier molecular flexibility index (Phi) is 6.70. The number of carbonyl (C=O) groups is 3. The van der Waals surface area contributed by atoms with E-state index in [0.717, 1.165) is 43.2 Å². The third-order valence-corrected chi connectivity index (χ3v) is 8.60. The summed E-state index contributed by atoms with van der Waals surface area (Å²) in [7, 11) is 0. The average molecular weight is 494 g/mol. The van der Waals surface area contributed by atoms with Gasteiger partial charge < -0.3 is 20.3 Å². The zero-order valence-electron chi connectivity index (χ0n) is 21.9. The highest BCUT2D eigenvalue weighted by Gasteiger charge is 2.72. The number of nitrogens with zero attached hydrogens (tertiary/aromatic N) is 1. The molecule has 7 heteroatoms. The normalized spacial score (nSPS) is 31.2. The van der Waals surface area contributed by atoms with E-state index in [1.54, 1.807) is 4.90 Å². The Hall–Kier alpha value is -2.67. The summed E-state index contributed by atoms with van der Waals surface area (Å²) < 4.78 is 6.43. The van der Waals surface area contributed by atoms with Crippen LogP contribution >= 0.6 is 0 Å². The predicted octanol–water partition coefficient (Wildman–Crippen LogP) is 3.89. The molecule has 7 nitrogen and oxygen atoms in total. The van der Waals surface area contributed by atoms with E-state index in [2.05, 4.69) is 24.5 Å². The standard InChI is InChI=1S/C29H39N3O4/c1-17(2)13-15-32-25(27(34)30-20-8-6-5-7-9-20)29-14-12-22(36-29)23(24(29)28(32)35)26(33)31-21-11-10-18(3)19(4)16-21/h10-12,14,16-17,20,22-25H,5-9,13,15H2,1-4H3,(H,30,34)(H,31,33)/t22-,23+,24-,25-,29-/m1/s1. The van der Waals surface area contributed by atoms with E-state index in [1.807, 2.05) is 44.2 Å². The minimum Gasteiger partial charge on any atom is -0.359 e. The van der Waals surface area contributed by atoms with Crippen LogP contribution in [0.4, 0.5) is 5.69 Å². The van der Waals surface area contributed by atoms with Crippen molar-refractivity contribution in [3.8, 4) is 0 Å². The average Bonchev–Trinajstić information content (AvgIpc) is 3.48. The lowest BCUT2D eigenvalue weighted by atomic mass is 9.74. The zero-order chi connectivity index (χ0) is 25.6. The topological polar surface area (TPSA) is 87.7 Å². The van der Waals surface area contributed by atoms with Gasteiger partial charge in [-0.1, -0.05) is 51.3 Å². The molecule has 0 radical (unpaired) electrons. The van der Waals surface area contributed by atoms with E-state index >= 15 is 0 Å². The predicted molar refractivity (Wildman–Crippen MR) is 138 cm³/mol. The maximum Gasteiger partial charge on any atom is 0.246 e. The maximum atomic E-state index is 13.9. The van der Waals surface area contributed by atoms with E-state index in [-0.39, 0.29) is 23.8 Å². The number of ether oxygens (including phenoxy) is 1. The van der Waals surface area contributed by atoms with Gasteiger partial charge >= 0.3 is 0 Å². The molecule has 4 aliphatic rings. The van der Waals surface area contributed by atoms with Crippen LogP contribution in [0.1, 0.15) is 63.5 Å². The highest BCUT2D eigenvalue weighted by Crippen LogP contribution is 2.55. The number of amides is 3. The summed E-state index contributed by atoms with van der Waals surface area (Å²) in [4.78, 5) is 42.9. The summed E-state index contributed by atoms with van der Waals surface area (Å²) in [5, 5.41) is 6.25. The molecule has 2 saturated heterocycles. The molecule has 2 N–H and O–H groups in total. The van der Waals surface area contributed by atoms with Crippen molar-refractivity contribution in [2.75, 3.05) is 11.9 Å². The van der Waals surface area contributed by atoms with Crippen molar-refractivity contribution in [2.24, 2.45) is 17.8 Å². The van der Waals surface area contributed by atoms with Crippen molar-refractivity contribution in [2.45, 2.75) is 90.0 Å². The van der Waals surface area contributed by atoms with Crippen molar-refractivity contribution < 1.29 is 19.1 Å². The molecule has 1 aliphatic carbocycles. The molecule has 0 unspecified atom stereocenters. The minimum atomic E-state index is -1.09. The molecule has 1 saturated carbocycles. The zero-order valence-corrected chi connectivity index (χ0v) is 21.9. The van der Waals surface area contributed by atoms with E-state index in [1.165, 1.54) is 6.42 Å². The Balaban J connectivity index is 1.42. The van der Waals surface area contributed by atoms with E-state index in [0.29, 0.717) is 18.2 Å². The number of fused-ring (bicyclic) bond motifs is 1. The summed E-state index contributed by atoms with van der Waals surface area (Å²) in [6.07, 6.45) is 9.39. The van der Waals surface area contributed by atoms with Crippen LogP contribution in [-0.4, -0.2) is 53.0 Å². The molecule has 1 aromatic carbocycles. The number of hydrogen-bond acceptors (Lipinski definition) is 4. The van der Waals surface area contributed by atoms with Crippen LogP contribution in [0.15, 0.2) is 30.4 Å². The van der Waals surface area contributed by atoms with Gasteiger partial charge in [-0.15, -0.1) is 0 Å². The lowest BCUT2D eigenvalue weighted by Gasteiger charge is -2.34. The number of nitrogens with one attached hydrogen (secondary N) is 2. The van der Waals surface area contributed by atoms with Crippen LogP contribution in [0.2, 0.25) is 0 Å². The fourth-order valence-electron chi connectivity index (χ4n) is 6.48. The number of carbonyl (C=O) groups excluding carboxylic acids is 3. The second-order valence-corrected chi connectivity index (χ2v) is 11.5. The first-order valence-electron chi connectivity index (χ1n) is 13.6. The van der Waals surface area contributed by atoms with Crippen molar-refractivity contribution in [3.63, 3.8) is 0 Å². The third kappa shape index (κ3) is 4.25. The Morgan fingerprint density at radius 1 is 1.11 bits per heavy atom. The number of hydrogen-bond donors (Lipinski definition) is 2. The van der Waals surface area contributed by atoms with Crippen molar-refractivity contribution in [3.05, 3.63) is 41.5 Å². The first-order valence-corrected chi connectivity index (χ1v) is 13.6. The second kappa shape index (κ2) is 9.66. The van der Waals surface area contributed by atoms with Gasteiger partial charge in [-0.2, -0.15) is 0 Å². The van der Waals surface area contributed by atoms with Crippen LogP contribution in [0.3, 0.4) is 0 Å². The van der Waals surface area contributed by atoms with Gasteiger partial charge in [0, 0.05) is 18.3 Å². The van der Waals surface area contributed by atoms with Crippen LogP contribution < -0.4 is 10.6 Å². The largest absolute Gasteiger partial charge is 0.359 e. The molecule has 3 aliphatic heterocycles. The Morgan fingerprint density at radius 3 is 2.56 bits per heavy atom. The highest BCUT2D eigenvalue weighted by atomic mass is 16.5. The molecule has 3 heterocycles. The molecule has 36 heavy (non-hydrogen) atoms. The number of aryl methyl sites for hydroxylation is 2. The number of likely N-dealkylation sites (tertiary alicyclic amines) is 1. The maximum absolute atomic E-state index is 13.9. The molecule has 5 atom stereocenters. The molecule has 0 aromatic heterocycles. The smallest absolute Gasteiger partial charge is 0.246 e. The number of rotatable bonds is 7. The Bertz CT molecular complexity index is 1080. The van der Waals surface area contributed by atoms with Gasteiger partial charge in [-0.3, -0.25) is 14.4 Å². The Morgan fingerprint density at radius 2 is 1.86 bits per heavy atom. The molecule has 5 rings (SSSR count). The highest BCUT2D eigenvalue weighted by molar-refractivity contribution is 6.02. The quantitative estimate of drug-likeness (QED) is 0.564. The van der Waals surface area contributed by atoms with Crippen LogP contribution in [0.25, 0.3) is 0 Å². The first-order chi connectivity index (χ1) is 17.2. The van der Waals surface area contributed by atoms with Gasteiger partial charge in [0.1, 0.15) is 11.6 Å². The van der Waals surface area contributed by atoms with Gasteiger partial charge in [0.15, 0.2) is 0 Å². The summed E-state index contributed by atoms with van der Waals surface area (Å²) in [6, 6.07) is 5.18. The van der Waals surface area contributed by atoms with Crippen LogP contribution in [-0.2, 0) is 19.1 Å². The SMILES string of the molecule is Cc1ccc(NC(=O)[C@H]2[C@H]3C=C[C@@]4(O3)[C@H]2C(=O)N(CCC(C)C)[C@@H]4C(=O)NC2CCCCC2)cc1C. The first kappa shape index (κ1) is 25.0. The molecule has 3 fully saturated rings. The summed E-state index contributed by atoms with van der Waals surface area (Å²) in [6.45, 7) is 8.73. The molecule has 3 amide bonds. The van der Waals surface area contributed by atoms with Gasteiger partial charge in [-0.25, -0.2) is 0 Å². The van der Waals surface area contributed by atoms with E-state index < -0.39 is 29.6 Å². The van der Waals surface area contributed by atoms with Crippen LogP contribution in [0, 0.1) is 31.6 Å². The van der Waals surface area contributed by atoms with E-state index in [4.69, 9.17) is 4.74 Å². The van der Waals surface area contributed by atoms with Gasteiger partial charge in [0.05, 0.1) is 17.9 Å². The molecule has 1 aromatic rings. The fraction of sp³-hybridized carbons (Fsp3) is 0.621. The third-order valence-electron chi connectivity index (χ3n) is 8.60. The molecular formula is C29H39N3O4.